The summed E-state index contributed by atoms with van der Waals surface area (Å²) in [6.07, 6.45) is -0.203. The van der Waals surface area contributed by atoms with Crippen LogP contribution in [0, 0.1) is 0 Å². The molecule has 1 fully saturated rings. The highest BCUT2D eigenvalue weighted by Crippen LogP contribution is 2.30. The molecule has 0 N–H and O–H groups in total. The average Bonchev–Trinajstić information content (AvgIpc) is 2.99. The van der Waals surface area contributed by atoms with Crippen molar-refractivity contribution in [2.24, 2.45) is 0 Å². The van der Waals surface area contributed by atoms with Gasteiger partial charge in [-0.1, -0.05) is 25.1 Å². The summed E-state index contributed by atoms with van der Waals surface area (Å²) in [7, 11) is 0. The molecule has 0 aliphatic carbocycles. The molecule has 0 atom stereocenters. The number of ketones is 1. The third kappa shape index (κ3) is 3.48. The number of likely N-dealkylation sites (tertiary alicyclic amines) is 1. The molecule has 3 rings (SSSR count). The fraction of sp³-hybridized carbons (Fsp3) is 0.474. The van der Waals surface area contributed by atoms with Crippen LogP contribution in [0.1, 0.15) is 42.1 Å². The van der Waals surface area contributed by atoms with E-state index in [0.29, 0.717) is 25.0 Å². The number of halogens is 3. The molecule has 1 amide bonds. The lowest BCUT2D eigenvalue weighted by Crippen LogP contribution is -2.37. The van der Waals surface area contributed by atoms with Gasteiger partial charge in [-0.2, -0.15) is 13.2 Å². The van der Waals surface area contributed by atoms with Crippen molar-refractivity contribution in [3.05, 3.63) is 35.5 Å². The minimum atomic E-state index is -4.95. The SMILES string of the molecule is CCc1cccc2c(C(=O)C(F)(F)F)cn(CC(=O)N3CCCCC3)c12. The molecule has 1 aromatic carbocycles. The number of rotatable bonds is 4. The molecule has 0 radical (unpaired) electrons. The van der Waals surface area contributed by atoms with Gasteiger partial charge in [0.25, 0.3) is 5.78 Å². The first-order valence-corrected chi connectivity index (χ1v) is 8.83. The Hall–Kier alpha value is -2.31. The van der Waals surface area contributed by atoms with Gasteiger partial charge in [0, 0.05) is 24.7 Å². The molecule has 1 saturated heterocycles. The number of amides is 1. The summed E-state index contributed by atoms with van der Waals surface area (Å²) < 4.78 is 40.4. The van der Waals surface area contributed by atoms with Crippen LogP contribution in [0.15, 0.2) is 24.4 Å². The topological polar surface area (TPSA) is 42.3 Å². The number of para-hydroxylation sites is 1. The third-order valence-electron chi connectivity index (χ3n) is 4.88. The minimum absolute atomic E-state index is 0.0569. The summed E-state index contributed by atoms with van der Waals surface area (Å²) in [5.41, 5.74) is 0.956. The first kappa shape index (κ1) is 18.5. The smallest absolute Gasteiger partial charge is 0.341 e. The van der Waals surface area contributed by atoms with Crippen LogP contribution in [0.4, 0.5) is 13.2 Å². The van der Waals surface area contributed by atoms with Gasteiger partial charge in [0.1, 0.15) is 6.54 Å². The van der Waals surface area contributed by atoms with Crippen LogP contribution in [0.25, 0.3) is 10.9 Å². The number of hydrogen-bond acceptors (Lipinski definition) is 2. The number of Topliss-reactive ketones (excluding diaryl/α,β-unsaturated/α-hetero) is 1. The normalized spacial score (nSPS) is 15.5. The molecular formula is C19H21F3N2O2. The van der Waals surface area contributed by atoms with E-state index in [4.69, 9.17) is 0 Å². The van der Waals surface area contributed by atoms with Crippen molar-refractivity contribution in [3.8, 4) is 0 Å². The van der Waals surface area contributed by atoms with E-state index in [0.717, 1.165) is 24.8 Å². The molecule has 1 aliphatic rings. The largest absolute Gasteiger partial charge is 0.454 e. The molecule has 140 valence electrons. The zero-order chi connectivity index (χ0) is 18.9. The van der Waals surface area contributed by atoms with E-state index in [-0.39, 0.29) is 17.8 Å². The molecule has 0 bridgehead atoms. The van der Waals surface area contributed by atoms with Crippen molar-refractivity contribution in [3.63, 3.8) is 0 Å². The number of fused-ring (bicyclic) bond motifs is 1. The quantitative estimate of drug-likeness (QED) is 0.769. The first-order chi connectivity index (χ1) is 12.3. The van der Waals surface area contributed by atoms with Crippen LogP contribution in [0.5, 0.6) is 0 Å². The van der Waals surface area contributed by atoms with Crippen LogP contribution >= 0.6 is 0 Å². The molecule has 1 aliphatic heterocycles. The number of benzene rings is 1. The van der Waals surface area contributed by atoms with Crippen molar-refractivity contribution in [1.82, 2.24) is 9.47 Å². The second-order valence-electron chi connectivity index (χ2n) is 6.61. The Labute approximate surface area is 149 Å². The van der Waals surface area contributed by atoms with Gasteiger partial charge >= 0.3 is 6.18 Å². The van der Waals surface area contributed by atoms with Gasteiger partial charge in [0.15, 0.2) is 0 Å². The zero-order valence-corrected chi connectivity index (χ0v) is 14.6. The Kier molecular flexibility index (Phi) is 5.07. The van der Waals surface area contributed by atoms with Gasteiger partial charge in [0.2, 0.25) is 5.91 Å². The summed E-state index contributed by atoms with van der Waals surface area (Å²) in [6, 6.07) is 4.96. The molecule has 0 saturated carbocycles. The minimum Gasteiger partial charge on any atom is -0.341 e. The van der Waals surface area contributed by atoms with E-state index in [2.05, 4.69) is 0 Å². The maximum Gasteiger partial charge on any atom is 0.454 e. The molecule has 0 unspecified atom stereocenters. The second kappa shape index (κ2) is 7.13. The lowest BCUT2D eigenvalue weighted by atomic mass is 10.0. The molecule has 7 heteroatoms. The maximum absolute atomic E-state index is 13.0. The second-order valence-corrected chi connectivity index (χ2v) is 6.61. The van der Waals surface area contributed by atoms with E-state index in [9.17, 15) is 22.8 Å². The van der Waals surface area contributed by atoms with Gasteiger partial charge in [-0.25, -0.2) is 0 Å². The highest BCUT2D eigenvalue weighted by molar-refractivity contribution is 6.11. The number of alkyl halides is 3. The number of aromatic nitrogens is 1. The van der Waals surface area contributed by atoms with Gasteiger partial charge in [0.05, 0.1) is 11.1 Å². The summed E-state index contributed by atoms with van der Waals surface area (Å²) >= 11 is 0. The lowest BCUT2D eigenvalue weighted by Gasteiger charge is -2.27. The number of carbonyl (C=O) groups excluding carboxylic acids is 2. The molecule has 2 aromatic rings. The molecule has 26 heavy (non-hydrogen) atoms. The highest BCUT2D eigenvalue weighted by Gasteiger charge is 2.41. The Morgan fingerprint density at radius 1 is 1.12 bits per heavy atom. The fourth-order valence-corrected chi connectivity index (χ4v) is 3.57. The van der Waals surface area contributed by atoms with E-state index >= 15 is 0 Å². The Bertz CT molecular complexity index is 833. The maximum atomic E-state index is 13.0. The number of nitrogens with zero attached hydrogens (tertiary/aromatic N) is 2. The predicted molar refractivity (Wildman–Crippen MR) is 92.1 cm³/mol. The molecule has 4 nitrogen and oxygen atoms in total. The summed E-state index contributed by atoms with van der Waals surface area (Å²) in [5, 5.41) is 0.248. The summed E-state index contributed by atoms with van der Waals surface area (Å²) in [4.78, 5) is 26.2. The molecule has 2 heterocycles. The van der Waals surface area contributed by atoms with E-state index < -0.39 is 17.5 Å². The first-order valence-electron chi connectivity index (χ1n) is 8.83. The third-order valence-corrected chi connectivity index (χ3v) is 4.88. The van der Waals surface area contributed by atoms with Gasteiger partial charge in [-0.3, -0.25) is 9.59 Å². The van der Waals surface area contributed by atoms with Gasteiger partial charge in [-0.05, 0) is 31.2 Å². The molecule has 1 aromatic heterocycles. The van der Waals surface area contributed by atoms with Gasteiger partial charge < -0.3 is 9.47 Å². The summed E-state index contributed by atoms with van der Waals surface area (Å²) in [6.45, 7) is 3.18. The highest BCUT2D eigenvalue weighted by atomic mass is 19.4. The Morgan fingerprint density at radius 3 is 2.42 bits per heavy atom. The van der Waals surface area contributed by atoms with Crippen molar-refractivity contribution in [1.29, 1.82) is 0 Å². The van der Waals surface area contributed by atoms with Crippen molar-refractivity contribution in [2.75, 3.05) is 13.1 Å². The Morgan fingerprint density at radius 2 is 1.81 bits per heavy atom. The number of piperidine rings is 1. The molecule has 0 spiro atoms. The predicted octanol–water partition coefficient (Wildman–Crippen LogP) is 3.96. The van der Waals surface area contributed by atoms with Crippen LogP contribution in [-0.4, -0.2) is 40.4 Å². The van der Waals surface area contributed by atoms with Crippen LogP contribution in [-0.2, 0) is 17.8 Å². The van der Waals surface area contributed by atoms with E-state index in [1.807, 2.05) is 13.0 Å². The fourth-order valence-electron chi connectivity index (χ4n) is 3.57. The standard InChI is InChI=1S/C19H21F3N2O2/c1-2-13-7-6-8-14-15(18(26)19(20,21)22)11-24(17(13)14)12-16(25)23-9-4-3-5-10-23/h6-8,11H,2-5,9-10,12H2,1H3. The van der Waals surface area contributed by atoms with Gasteiger partial charge in [-0.15, -0.1) is 0 Å². The Balaban J connectivity index is 2.04. The van der Waals surface area contributed by atoms with Crippen molar-refractivity contribution >= 4 is 22.6 Å². The number of hydrogen-bond donors (Lipinski definition) is 0. The molecular weight excluding hydrogens is 345 g/mol. The van der Waals surface area contributed by atoms with Crippen LogP contribution in [0.2, 0.25) is 0 Å². The van der Waals surface area contributed by atoms with E-state index in [1.54, 1.807) is 11.0 Å². The van der Waals surface area contributed by atoms with E-state index in [1.165, 1.54) is 16.8 Å². The monoisotopic (exact) mass is 366 g/mol. The number of carbonyl (C=O) groups is 2. The zero-order valence-electron chi connectivity index (χ0n) is 14.6. The van der Waals surface area contributed by atoms with Crippen LogP contribution < -0.4 is 0 Å². The average molecular weight is 366 g/mol. The lowest BCUT2D eigenvalue weighted by molar-refractivity contribution is -0.132. The van der Waals surface area contributed by atoms with Crippen LogP contribution in [0.3, 0.4) is 0 Å². The number of aryl methyl sites for hydroxylation is 1. The summed E-state index contributed by atoms with van der Waals surface area (Å²) in [5.74, 6) is -2.00. The van der Waals surface area contributed by atoms with Crippen molar-refractivity contribution < 1.29 is 22.8 Å². The van der Waals surface area contributed by atoms with Crippen molar-refractivity contribution in [2.45, 2.75) is 45.3 Å².